The van der Waals surface area contributed by atoms with Crippen molar-refractivity contribution in [3.05, 3.63) is 43.1 Å². The van der Waals surface area contributed by atoms with Gasteiger partial charge in [0.25, 0.3) is 0 Å². The van der Waals surface area contributed by atoms with Crippen molar-refractivity contribution in [2.75, 3.05) is 0 Å². The molecule has 0 saturated heterocycles. The lowest BCUT2D eigenvalue weighted by molar-refractivity contribution is -0.151. The molecule has 228 valence electrons. The van der Waals surface area contributed by atoms with Crippen LogP contribution >= 0.6 is 0 Å². The zero-order valence-corrected chi connectivity index (χ0v) is 25.8. The SMILES string of the molecule is CC(C)CCC[C@@H](C)[C@H]1CC[C@H]2[C@@H]3CC=C4C[C@@H](OC(=O)CCn5c(=O)[nH]c(=O)[nH]c5=O)CC[C@]4(C)[C@H]3CC[C@]12C. The van der Waals surface area contributed by atoms with Crippen LogP contribution in [0.4, 0.5) is 0 Å². The highest BCUT2D eigenvalue weighted by Gasteiger charge is 2.59. The summed E-state index contributed by atoms with van der Waals surface area (Å²) in [7, 11) is 0. The number of hydrogen-bond acceptors (Lipinski definition) is 5. The molecule has 1 aromatic heterocycles. The van der Waals surface area contributed by atoms with E-state index >= 15 is 0 Å². The number of H-pyrrole nitrogens is 2. The van der Waals surface area contributed by atoms with E-state index in [4.69, 9.17) is 4.74 Å². The van der Waals surface area contributed by atoms with Crippen LogP contribution in [-0.2, 0) is 16.1 Å². The summed E-state index contributed by atoms with van der Waals surface area (Å²) in [6.07, 6.45) is 15.6. The third-order valence-electron chi connectivity index (χ3n) is 12.0. The monoisotopic (exact) mass is 569 g/mol. The number of fused-ring (bicyclic) bond motifs is 5. The van der Waals surface area contributed by atoms with Crippen molar-refractivity contribution in [3.63, 3.8) is 0 Å². The highest BCUT2D eigenvalue weighted by Crippen LogP contribution is 2.67. The number of nitrogens with one attached hydrogen (secondary N) is 2. The van der Waals surface area contributed by atoms with Crippen LogP contribution in [0.15, 0.2) is 26.0 Å². The molecule has 4 aliphatic carbocycles. The predicted molar refractivity (Wildman–Crippen MR) is 159 cm³/mol. The molecule has 8 heteroatoms. The molecule has 2 N–H and O–H groups in total. The summed E-state index contributed by atoms with van der Waals surface area (Å²) in [5.41, 5.74) is -0.364. The molecular weight excluding hydrogens is 518 g/mol. The topological polar surface area (TPSA) is 114 Å². The Morgan fingerprint density at radius 1 is 1.00 bits per heavy atom. The Morgan fingerprint density at radius 2 is 1.73 bits per heavy atom. The van der Waals surface area contributed by atoms with E-state index in [1.54, 1.807) is 0 Å². The van der Waals surface area contributed by atoms with Crippen LogP contribution in [0.25, 0.3) is 0 Å². The summed E-state index contributed by atoms with van der Waals surface area (Å²) in [6.45, 7) is 12.2. The third-order valence-corrected chi connectivity index (χ3v) is 12.0. The largest absolute Gasteiger partial charge is 0.462 e. The van der Waals surface area contributed by atoms with Crippen molar-refractivity contribution in [2.45, 2.75) is 124 Å². The average molecular weight is 570 g/mol. The molecule has 0 spiro atoms. The number of hydrogen-bond donors (Lipinski definition) is 2. The number of nitrogens with zero attached hydrogens (tertiary/aromatic N) is 1. The first-order valence-corrected chi connectivity index (χ1v) is 16.2. The molecule has 4 aliphatic rings. The van der Waals surface area contributed by atoms with Gasteiger partial charge in [0.2, 0.25) is 0 Å². The molecule has 0 bridgehead atoms. The zero-order valence-electron chi connectivity index (χ0n) is 25.8. The minimum Gasteiger partial charge on any atom is -0.462 e. The van der Waals surface area contributed by atoms with E-state index in [1.807, 2.05) is 9.97 Å². The van der Waals surface area contributed by atoms with E-state index < -0.39 is 23.0 Å². The van der Waals surface area contributed by atoms with Gasteiger partial charge < -0.3 is 4.74 Å². The van der Waals surface area contributed by atoms with Crippen LogP contribution in [0, 0.1) is 46.3 Å². The first kappa shape index (κ1) is 30.1. The van der Waals surface area contributed by atoms with E-state index in [1.165, 1.54) is 50.5 Å². The maximum Gasteiger partial charge on any atom is 0.333 e. The van der Waals surface area contributed by atoms with Crippen molar-refractivity contribution in [1.82, 2.24) is 14.5 Å². The van der Waals surface area contributed by atoms with Crippen LogP contribution in [0.3, 0.4) is 0 Å². The zero-order chi connectivity index (χ0) is 29.5. The summed E-state index contributed by atoms with van der Waals surface area (Å²) in [6, 6.07) is 0. The molecular formula is C33H51N3O5. The van der Waals surface area contributed by atoms with Crippen LogP contribution < -0.4 is 17.1 Å². The van der Waals surface area contributed by atoms with Crippen molar-refractivity contribution >= 4 is 5.97 Å². The van der Waals surface area contributed by atoms with Gasteiger partial charge in [-0.3, -0.25) is 14.8 Å². The van der Waals surface area contributed by atoms with E-state index in [0.29, 0.717) is 11.3 Å². The Morgan fingerprint density at radius 3 is 2.44 bits per heavy atom. The molecule has 0 unspecified atom stereocenters. The van der Waals surface area contributed by atoms with E-state index in [0.717, 1.165) is 59.8 Å². The predicted octanol–water partition coefficient (Wildman–Crippen LogP) is 5.57. The molecule has 8 atom stereocenters. The van der Waals surface area contributed by atoms with Gasteiger partial charge in [-0.1, -0.05) is 65.5 Å². The highest BCUT2D eigenvalue weighted by atomic mass is 16.5. The van der Waals surface area contributed by atoms with Crippen molar-refractivity contribution in [3.8, 4) is 0 Å². The summed E-state index contributed by atoms with van der Waals surface area (Å²) >= 11 is 0. The number of esters is 1. The van der Waals surface area contributed by atoms with Gasteiger partial charge in [-0.05, 0) is 91.3 Å². The number of carbonyl (C=O) groups is 1. The minimum atomic E-state index is -0.853. The first-order valence-electron chi connectivity index (χ1n) is 16.2. The fourth-order valence-corrected chi connectivity index (χ4v) is 9.86. The number of aromatic nitrogens is 3. The van der Waals surface area contributed by atoms with Crippen LogP contribution in [0.2, 0.25) is 0 Å². The second-order valence-corrected chi connectivity index (χ2v) is 14.7. The van der Waals surface area contributed by atoms with Crippen LogP contribution in [-0.4, -0.2) is 26.6 Å². The number of allylic oxidation sites excluding steroid dienone is 1. The minimum absolute atomic E-state index is 0.0934. The summed E-state index contributed by atoms with van der Waals surface area (Å²) in [5.74, 6) is 4.36. The Labute approximate surface area is 243 Å². The summed E-state index contributed by atoms with van der Waals surface area (Å²) in [4.78, 5) is 51.7. The molecule has 0 amide bonds. The fraction of sp³-hybridized carbons (Fsp3) is 0.818. The quantitative estimate of drug-likeness (QED) is 0.298. The molecule has 1 heterocycles. The third kappa shape index (κ3) is 5.81. The molecule has 41 heavy (non-hydrogen) atoms. The number of carbonyl (C=O) groups excluding carboxylic acids is 1. The molecule has 5 rings (SSSR count). The van der Waals surface area contributed by atoms with E-state index in [-0.39, 0.29) is 24.5 Å². The Kier molecular flexibility index (Phi) is 8.60. The Hall–Kier alpha value is -2.38. The maximum absolute atomic E-state index is 12.6. The van der Waals surface area contributed by atoms with Gasteiger partial charge in [0.1, 0.15) is 6.10 Å². The standard InChI is InChI=1S/C33H51N3O5/c1-20(2)7-6-8-21(3)25-11-12-26-24-10-9-22-19-23(13-16-32(22,4)27(24)14-17-33(25,26)5)41-28(37)15-18-36-30(39)34-29(38)35-31(36)40/h9,20-21,23-27H,6-8,10-19H2,1-5H3,(H2,34,35,38,39,40)/t21-,23+,24+,25-,26+,27+,32+,33-/m1/s1. The Balaban J connectivity index is 1.20. The molecule has 0 aromatic carbocycles. The second kappa shape index (κ2) is 11.7. The van der Waals surface area contributed by atoms with Gasteiger partial charge in [-0.2, -0.15) is 0 Å². The van der Waals surface area contributed by atoms with Crippen molar-refractivity contribution < 1.29 is 9.53 Å². The highest BCUT2D eigenvalue weighted by molar-refractivity contribution is 5.69. The van der Waals surface area contributed by atoms with Crippen LogP contribution in [0.1, 0.15) is 112 Å². The lowest BCUT2D eigenvalue weighted by atomic mass is 9.47. The van der Waals surface area contributed by atoms with Crippen molar-refractivity contribution in [1.29, 1.82) is 0 Å². The molecule has 8 nitrogen and oxygen atoms in total. The van der Waals surface area contributed by atoms with Gasteiger partial charge >= 0.3 is 23.0 Å². The summed E-state index contributed by atoms with van der Waals surface area (Å²) in [5, 5.41) is 0. The van der Waals surface area contributed by atoms with E-state index in [2.05, 4.69) is 40.7 Å². The number of rotatable bonds is 9. The maximum atomic E-state index is 12.6. The molecule has 1 aromatic rings. The molecule has 3 saturated carbocycles. The molecule has 3 fully saturated rings. The van der Waals surface area contributed by atoms with Gasteiger partial charge in [0.15, 0.2) is 0 Å². The smallest absolute Gasteiger partial charge is 0.333 e. The van der Waals surface area contributed by atoms with Gasteiger partial charge in [-0.15, -0.1) is 0 Å². The average Bonchev–Trinajstić information content (AvgIpc) is 3.25. The lowest BCUT2D eigenvalue weighted by Crippen LogP contribution is -2.51. The van der Waals surface area contributed by atoms with Gasteiger partial charge in [0.05, 0.1) is 6.42 Å². The molecule has 0 radical (unpaired) electrons. The normalized spacial score (nSPS) is 35.3. The van der Waals surface area contributed by atoms with E-state index in [9.17, 15) is 19.2 Å². The number of ether oxygens (including phenoxy) is 1. The lowest BCUT2D eigenvalue weighted by Gasteiger charge is -2.58. The summed E-state index contributed by atoms with van der Waals surface area (Å²) < 4.78 is 6.66. The first-order chi connectivity index (χ1) is 19.4. The van der Waals surface area contributed by atoms with Crippen molar-refractivity contribution in [2.24, 2.45) is 46.3 Å². The number of aromatic amines is 2. The fourth-order valence-electron chi connectivity index (χ4n) is 9.86. The van der Waals surface area contributed by atoms with Crippen LogP contribution in [0.5, 0.6) is 0 Å². The second-order valence-electron chi connectivity index (χ2n) is 14.7. The van der Waals surface area contributed by atoms with Gasteiger partial charge in [-0.25, -0.2) is 19.0 Å². The molecule has 0 aliphatic heterocycles. The van der Waals surface area contributed by atoms with Gasteiger partial charge in [0, 0.05) is 13.0 Å². The Bertz CT molecular complexity index is 1290.